The van der Waals surface area contributed by atoms with Crippen molar-refractivity contribution in [3.05, 3.63) is 48.6 Å². The van der Waals surface area contributed by atoms with Gasteiger partial charge >= 0.3 is 5.97 Å². The smallest absolute Gasteiger partial charge is 0.311 e. The average Bonchev–Trinajstić information content (AvgIpc) is 3.21. The van der Waals surface area contributed by atoms with E-state index in [-0.39, 0.29) is 42.8 Å². The lowest BCUT2D eigenvalue weighted by Gasteiger charge is -2.35. The number of anilines is 1. The second kappa shape index (κ2) is 9.11. The SMILES string of the molecule is COc1ccc(N2CC=C[C@]34S[C@H]5C=CCCOC(=O)[C@H]5[C@H]3C(=O)N(CCCO)C4C2=O)cc1. The molecule has 1 N–H and O–H groups in total. The molecule has 1 spiro atoms. The molecular weight excluding hydrogens is 456 g/mol. The molecule has 9 heteroatoms. The van der Waals surface area contributed by atoms with E-state index in [1.807, 2.05) is 36.4 Å². The van der Waals surface area contributed by atoms with Crippen LogP contribution in [0.15, 0.2) is 48.6 Å². The first-order chi connectivity index (χ1) is 16.5. The molecule has 4 aliphatic heterocycles. The Balaban J connectivity index is 1.58. The van der Waals surface area contributed by atoms with Crippen molar-refractivity contribution in [2.75, 3.05) is 38.3 Å². The molecule has 180 valence electrons. The highest BCUT2D eigenvalue weighted by atomic mass is 32.2. The average molecular weight is 485 g/mol. The monoisotopic (exact) mass is 484 g/mol. The number of benzene rings is 1. The van der Waals surface area contributed by atoms with Crippen LogP contribution < -0.4 is 9.64 Å². The number of hydrogen-bond acceptors (Lipinski definition) is 7. The van der Waals surface area contributed by atoms with E-state index in [9.17, 15) is 19.5 Å². The Kier molecular flexibility index (Phi) is 6.16. The maximum Gasteiger partial charge on any atom is 0.311 e. The van der Waals surface area contributed by atoms with Crippen molar-refractivity contribution in [1.29, 1.82) is 0 Å². The van der Waals surface area contributed by atoms with Crippen LogP contribution in [0.3, 0.4) is 0 Å². The van der Waals surface area contributed by atoms with E-state index >= 15 is 0 Å². The normalized spacial score (nSPS) is 32.5. The number of nitrogens with zero attached hydrogens (tertiary/aromatic N) is 2. The van der Waals surface area contributed by atoms with Crippen LogP contribution in [0, 0.1) is 11.8 Å². The van der Waals surface area contributed by atoms with E-state index in [2.05, 4.69) is 0 Å². The van der Waals surface area contributed by atoms with Crippen molar-refractivity contribution in [1.82, 2.24) is 4.90 Å². The zero-order chi connectivity index (χ0) is 23.9. The summed E-state index contributed by atoms with van der Waals surface area (Å²) in [5.74, 6) is -1.45. The van der Waals surface area contributed by atoms with Crippen LogP contribution in [-0.2, 0) is 19.1 Å². The predicted octanol–water partition coefficient (Wildman–Crippen LogP) is 1.78. The van der Waals surface area contributed by atoms with Gasteiger partial charge in [-0.15, -0.1) is 11.8 Å². The lowest BCUT2D eigenvalue weighted by Crippen LogP contribution is -2.53. The highest BCUT2D eigenvalue weighted by Gasteiger charge is 2.70. The number of thioether (sulfide) groups is 1. The van der Waals surface area contributed by atoms with E-state index in [0.717, 1.165) is 0 Å². The molecule has 1 aromatic carbocycles. The van der Waals surface area contributed by atoms with Crippen LogP contribution in [0.5, 0.6) is 5.75 Å². The standard InChI is InChI=1S/C25H28N2O6S/c1-32-17-9-7-16(8-10-17)26-12-4-11-25-20(19-18(34-25)6-2-3-15-33-24(19)31)22(29)27(13-5-14-28)21(25)23(26)30/h2,4,6-11,18-21,28H,3,5,12-15H2,1H3/t18-,19+,20-,21?,25-/m0/s1. The number of fused-ring (bicyclic) bond motifs is 2. The second-order valence-electron chi connectivity index (χ2n) is 8.88. The van der Waals surface area contributed by atoms with Crippen LogP contribution in [0.25, 0.3) is 0 Å². The summed E-state index contributed by atoms with van der Waals surface area (Å²) in [7, 11) is 1.59. The van der Waals surface area contributed by atoms with Crippen LogP contribution in [0.4, 0.5) is 5.69 Å². The molecule has 5 atom stereocenters. The number of amides is 2. The molecule has 2 fully saturated rings. The highest BCUT2D eigenvalue weighted by molar-refractivity contribution is 8.02. The van der Waals surface area contributed by atoms with Crippen molar-refractivity contribution in [2.24, 2.45) is 11.8 Å². The van der Waals surface area contributed by atoms with Crippen LogP contribution >= 0.6 is 11.8 Å². The van der Waals surface area contributed by atoms with Gasteiger partial charge in [0.25, 0.3) is 5.91 Å². The Morgan fingerprint density at radius 2 is 1.97 bits per heavy atom. The van der Waals surface area contributed by atoms with E-state index < -0.39 is 22.6 Å². The van der Waals surface area contributed by atoms with Gasteiger partial charge in [0.2, 0.25) is 5.91 Å². The fourth-order valence-corrected chi connectivity index (χ4v) is 7.58. The zero-order valence-electron chi connectivity index (χ0n) is 19.0. The van der Waals surface area contributed by atoms with Gasteiger partial charge < -0.3 is 24.4 Å². The topological polar surface area (TPSA) is 96.4 Å². The van der Waals surface area contributed by atoms with Crippen molar-refractivity contribution in [3.63, 3.8) is 0 Å². The molecule has 4 heterocycles. The quantitative estimate of drug-likeness (QED) is 0.503. The summed E-state index contributed by atoms with van der Waals surface area (Å²) in [5.41, 5.74) is 0.707. The molecular formula is C25H28N2O6S. The number of aliphatic hydroxyl groups is 1. The summed E-state index contributed by atoms with van der Waals surface area (Å²) in [5, 5.41) is 9.22. The molecule has 0 radical (unpaired) electrons. The Bertz CT molecular complexity index is 1040. The maximum absolute atomic E-state index is 14.1. The summed E-state index contributed by atoms with van der Waals surface area (Å²) in [6.07, 6.45) is 8.87. The molecule has 0 aliphatic carbocycles. The number of carbonyl (C=O) groups is 3. The van der Waals surface area contributed by atoms with Crippen LogP contribution in [-0.4, -0.2) is 77.2 Å². The van der Waals surface area contributed by atoms with Gasteiger partial charge in [-0.05, 0) is 37.1 Å². The van der Waals surface area contributed by atoms with Gasteiger partial charge in [-0.1, -0.05) is 24.3 Å². The minimum absolute atomic E-state index is 0.0929. The van der Waals surface area contributed by atoms with Crippen molar-refractivity contribution in [2.45, 2.75) is 28.9 Å². The van der Waals surface area contributed by atoms with Crippen molar-refractivity contribution < 1.29 is 29.0 Å². The molecule has 0 aromatic heterocycles. The Labute approximate surface area is 202 Å². The predicted molar refractivity (Wildman–Crippen MR) is 127 cm³/mol. The summed E-state index contributed by atoms with van der Waals surface area (Å²) in [6.45, 7) is 0.796. The van der Waals surface area contributed by atoms with E-state index in [1.54, 1.807) is 29.0 Å². The molecule has 0 saturated carbocycles. The molecule has 0 bridgehead atoms. The number of carbonyl (C=O) groups excluding carboxylic acids is 3. The third kappa shape index (κ3) is 3.53. The fourth-order valence-electron chi connectivity index (χ4n) is 5.58. The molecule has 1 aromatic rings. The Hall–Kier alpha value is -2.78. The largest absolute Gasteiger partial charge is 0.497 e. The number of aliphatic hydroxyl groups excluding tert-OH is 1. The van der Waals surface area contributed by atoms with E-state index in [1.165, 1.54) is 11.8 Å². The van der Waals surface area contributed by atoms with Crippen LogP contribution in [0.1, 0.15) is 12.8 Å². The summed E-state index contributed by atoms with van der Waals surface area (Å²) < 4.78 is 9.84. The van der Waals surface area contributed by atoms with Crippen molar-refractivity contribution in [3.8, 4) is 5.75 Å². The third-order valence-corrected chi connectivity index (χ3v) is 8.81. The van der Waals surface area contributed by atoms with Gasteiger partial charge in [0, 0.05) is 30.6 Å². The first kappa shape index (κ1) is 23.0. The van der Waals surface area contributed by atoms with E-state index in [0.29, 0.717) is 30.8 Å². The number of hydrogen-bond donors (Lipinski definition) is 1. The molecule has 2 saturated heterocycles. The zero-order valence-corrected chi connectivity index (χ0v) is 19.8. The number of cyclic esters (lactones) is 1. The number of methoxy groups -OCH3 is 1. The van der Waals surface area contributed by atoms with E-state index in [4.69, 9.17) is 9.47 Å². The number of esters is 1. The maximum atomic E-state index is 14.1. The van der Waals surface area contributed by atoms with Gasteiger partial charge in [-0.25, -0.2) is 0 Å². The van der Waals surface area contributed by atoms with Gasteiger partial charge in [0.15, 0.2) is 0 Å². The van der Waals surface area contributed by atoms with Gasteiger partial charge in [0.05, 0.1) is 30.3 Å². The molecule has 5 rings (SSSR count). The third-order valence-electron chi connectivity index (χ3n) is 7.06. The first-order valence-electron chi connectivity index (χ1n) is 11.6. The Morgan fingerprint density at radius 1 is 1.18 bits per heavy atom. The Morgan fingerprint density at radius 3 is 2.71 bits per heavy atom. The molecule has 8 nitrogen and oxygen atoms in total. The first-order valence-corrected chi connectivity index (χ1v) is 12.5. The van der Waals surface area contributed by atoms with Gasteiger partial charge in [0.1, 0.15) is 11.8 Å². The van der Waals surface area contributed by atoms with Gasteiger partial charge in [-0.3, -0.25) is 14.4 Å². The number of ether oxygens (including phenoxy) is 2. The number of likely N-dealkylation sites (tertiary alicyclic amines) is 1. The van der Waals surface area contributed by atoms with Crippen molar-refractivity contribution >= 4 is 35.2 Å². The second-order valence-corrected chi connectivity index (χ2v) is 10.4. The van der Waals surface area contributed by atoms with Crippen LogP contribution in [0.2, 0.25) is 0 Å². The summed E-state index contributed by atoms with van der Waals surface area (Å²) in [4.78, 5) is 44.2. The molecule has 4 aliphatic rings. The number of rotatable bonds is 5. The molecule has 1 unspecified atom stereocenters. The summed E-state index contributed by atoms with van der Waals surface area (Å²) >= 11 is 1.52. The fraction of sp³-hybridized carbons (Fsp3) is 0.480. The molecule has 34 heavy (non-hydrogen) atoms. The van der Waals surface area contributed by atoms with Gasteiger partial charge in [-0.2, -0.15) is 0 Å². The minimum Gasteiger partial charge on any atom is -0.497 e. The minimum atomic E-state index is -0.881. The lowest BCUT2D eigenvalue weighted by molar-refractivity contribution is -0.153. The highest BCUT2D eigenvalue weighted by Crippen LogP contribution is 2.60. The lowest BCUT2D eigenvalue weighted by atomic mass is 9.78. The molecule has 2 amide bonds. The summed E-state index contributed by atoms with van der Waals surface area (Å²) in [6, 6.07) is 6.46.